The smallest absolute Gasteiger partial charge is 0.287 e. The molecule has 2 aromatic rings. The average Bonchev–Trinajstić information content (AvgIpc) is 2.50. The topological polar surface area (TPSA) is 73.2 Å². The van der Waals surface area contributed by atoms with E-state index in [1.807, 2.05) is 6.92 Å². The lowest BCUT2D eigenvalue weighted by molar-refractivity contribution is -0.117. The van der Waals surface area contributed by atoms with Crippen LogP contribution in [-0.4, -0.2) is 22.3 Å². The maximum atomic E-state index is 12.0. The van der Waals surface area contributed by atoms with Gasteiger partial charge in [-0.1, -0.05) is 35.3 Å². The molecule has 0 unspecified atom stereocenters. The molecular formula is C14H13Cl2N3O3. The molecule has 0 saturated carbocycles. The Bertz CT molecular complexity index is 746. The molecule has 0 aliphatic rings. The van der Waals surface area contributed by atoms with E-state index in [1.165, 1.54) is 6.20 Å². The van der Waals surface area contributed by atoms with Gasteiger partial charge in [0.25, 0.3) is 5.56 Å². The van der Waals surface area contributed by atoms with E-state index < -0.39 is 11.5 Å². The van der Waals surface area contributed by atoms with Gasteiger partial charge in [-0.05, 0) is 19.1 Å². The van der Waals surface area contributed by atoms with Crippen molar-refractivity contribution >= 4 is 34.8 Å². The number of para-hydroxylation sites is 2. The Kier molecular flexibility index (Phi) is 5.41. The van der Waals surface area contributed by atoms with Crippen LogP contribution in [0.4, 0.5) is 5.69 Å². The van der Waals surface area contributed by atoms with Crippen molar-refractivity contribution in [2.75, 3.05) is 11.9 Å². The first-order valence-corrected chi connectivity index (χ1v) is 7.21. The van der Waals surface area contributed by atoms with Gasteiger partial charge >= 0.3 is 0 Å². The third-order valence-corrected chi connectivity index (χ3v) is 3.45. The molecule has 6 nitrogen and oxygen atoms in total. The summed E-state index contributed by atoms with van der Waals surface area (Å²) in [6.07, 6.45) is 1.21. The van der Waals surface area contributed by atoms with Crippen molar-refractivity contribution in [2.45, 2.75) is 13.5 Å². The van der Waals surface area contributed by atoms with Gasteiger partial charge < -0.3 is 10.1 Å². The molecule has 0 aliphatic carbocycles. The Morgan fingerprint density at radius 1 is 1.36 bits per heavy atom. The first kappa shape index (κ1) is 16.3. The van der Waals surface area contributed by atoms with Gasteiger partial charge in [0.2, 0.25) is 5.91 Å². The van der Waals surface area contributed by atoms with Crippen molar-refractivity contribution in [1.29, 1.82) is 0 Å². The van der Waals surface area contributed by atoms with Crippen molar-refractivity contribution in [3.63, 3.8) is 0 Å². The number of benzene rings is 1. The highest BCUT2D eigenvalue weighted by Gasteiger charge is 2.12. The molecule has 1 N–H and O–H groups in total. The van der Waals surface area contributed by atoms with E-state index in [0.717, 1.165) is 4.68 Å². The minimum absolute atomic E-state index is 0.0463. The zero-order valence-corrected chi connectivity index (χ0v) is 13.2. The quantitative estimate of drug-likeness (QED) is 0.906. The second-order valence-electron chi connectivity index (χ2n) is 4.25. The fourth-order valence-electron chi connectivity index (χ4n) is 1.73. The third-order valence-electron chi connectivity index (χ3n) is 2.70. The van der Waals surface area contributed by atoms with Gasteiger partial charge in [-0.2, -0.15) is 5.10 Å². The van der Waals surface area contributed by atoms with Crippen LogP contribution in [0.15, 0.2) is 35.3 Å². The number of amides is 1. The van der Waals surface area contributed by atoms with Crippen LogP contribution in [0.25, 0.3) is 0 Å². The molecule has 22 heavy (non-hydrogen) atoms. The number of aromatic nitrogens is 2. The summed E-state index contributed by atoms with van der Waals surface area (Å²) < 4.78 is 6.35. The van der Waals surface area contributed by atoms with Crippen LogP contribution in [0.3, 0.4) is 0 Å². The lowest BCUT2D eigenvalue weighted by Gasteiger charge is -2.11. The van der Waals surface area contributed by atoms with E-state index in [4.69, 9.17) is 27.9 Å². The van der Waals surface area contributed by atoms with Gasteiger partial charge in [0, 0.05) is 0 Å². The fraction of sp³-hybridized carbons (Fsp3) is 0.214. The molecule has 116 valence electrons. The van der Waals surface area contributed by atoms with E-state index in [1.54, 1.807) is 24.3 Å². The maximum absolute atomic E-state index is 12.0. The molecule has 1 amide bonds. The molecule has 8 heteroatoms. The Balaban J connectivity index is 2.14. The van der Waals surface area contributed by atoms with Crippen LogP contribution in [-0.2, 0) is 11.3 Å². The van der Waals surface area contributed by atoms with E-state index >= 15 is 0 Å². The zero-order valence-electron chi connectivity index (χ0n) is 11.7. The highest BCUT2D eigenvalue weighted by Crippen LogP contribution is 2.23. The minimum atomic E-state index is -0.623. The Morgan fingerprint density at radius 2 is 2.09 bits per heavy atom. The zero-order chi connectivity index (χ0) is 16.1. The SMILES string of the molecule is CCOc1ccccc1NC(=O)Cn1ncc(Cl)c(Cl)c1=O. The Labute approximate surface area is 136 Å². The van der Waals surface area contributed by atoms with E-state index in [0.29, 0.717) is 18.0 Å². The number of nitrogens with zero attached hydrogens (tertiary/aromatic N) is 2. The van der Waals surface area contributed by atoms with E-state index in [9.17, 15) is 9.59 Å². The number of rotatable bonds is 5. The molecule has 0 fully saturated rings. The van der Waals surface area contributed by atoms with Crippen molar-refractivity contribution in [1.82, 2.24) is 9.78 Å². The molecular weight excluding hydrogens is 329 g/mol. The van der Waals surface area contributed by atoms with Gasteiger partial charge in [0.05, 0.1) is 23.5 Å². The Morgan fingerprint density at radius 3 is 2.82 bits per heavy atom. The fourth-order valence-corrected chi connectivity index (χ4v) is 2.01. The second kappa shape index (κ2) is 7.29. The van der Waals surface area contributed by atoms with Crippen LogP contribution in [0.2, 0.25) is 10.0 Å². The number of carbonyl (C=O) groups is 1. The standard InChI is InChI=1S/C14H13Cl2N3O3/c1-2-22-11-6-4-3-5-10(11)18-12(20)8-19-14(21)13(16)9(15)7-17-19/h3-7H,2,8H2,1H3,(H,18,20). The Hall–Kier alpha value is -2.05. The summed E-state index contributed by atoms with van der Waals surface area (Å²) in [5, 5.41) is 6.32. The number of nitrogens with one attached hydrogen (secondary N) is 1. The molecule has 1 aromatic carbocycles. The van der Waals surface area contributed by atoms with Crippen LogP contribution in [0.1, 0.15) is 6.92 Å². The highest BCUT2D eigenvalue weighted by molar-refractivity contribution is 6.41. The number of hydrogen-bond acceptors (Lipinski definition) is 4. The largest absolute Gasteiger partial charge is 0.492 e. The monoisotopic (exact) mass is 341 g/mol. The molecule has 2 rings (SSSR count). The van der Waals surface area contributed by atoms with E-state index in [2.05, 4.69) is 10.4 Å². The third kappa shape index (κ3) is 3.78. The van der Waals surface area contributed by atoms with Crippen LogP contribution in [0, 0.1) is 0 Å². The van der Waals surface area contributed by atoms with Gasteiger partial charge in [0.15, 0.2) is 0 Å². The number of halogens is 2. The van der Waals surface area contributed by atoms with Crippen LogP contribution < -0.4 is 15.6 Å². The average molecular weight is 342 g/mol. The van der Waals surface area contributed by atoms with Crippen molar-refractivity contribution in [3.8, 4) is 5.75 Å². The van der Waals surface area contributed by atoms with Gasteiger partial charge in [-0.3, -0.25) is 9.59 Å². The summed E-state index contributed by atoms with van der Waals surface area (Å²) in [6, 6.07) is 7.00. The first-order chi connectivity index (χ1) is 10.5. The van der Waals surface area contributed by atoms with E-state index in [-0.39, 0.29) is 16.6 Å². The molecule has 0 atom stereocenters. The molecule has 0 spiro atoms. The maximum Gasteiger partial charge on any atom is 0.287 e. The van der Waals surface area contributed by atoms with Crippen LogP contribution in [0.5, 0.6) is 5.75 Å². The van der Waals surface area contributed by atoms with Gasteiger partial charge in [-0.25, -0.2) is 4.68 Å². The molecule has 0 saturated heterocycles. The van der Waals surface area contributed by atoms with Crippen molar-refractivity contribution in [2.24, 2.45) is 0 Å². The number of ether oxygens (including phenoxy) is 1. The molecule has 0 radical (unpaired) electrons. The molecule has 1 aromatic heterocycles. The molecule has 1 heterocycles. The van der Waals surface area contributed by atoms with Gasteiger partial charge in [-0.15, -0.1) is 0 Å². The highest BCUT2D eigenvalue weighted by atomic mass is 35.5. The summed E-state index contributed by atoms with van der Waals surface area (Å²) in [4.78, 5) is 23.9. The molecule has 0 bridgehead atoms. The minimum Gasteiger partial charge on any atom is -0.492 e. The van der Waals surface area contributed by atoms with Crippen LogP contribution >= 0.6 is 23.2 Å². The normalized spacial score (nSPS) is 10.3. The predicted octanol–water partition coefficient (Wildman–Crippen LogP) is 2.59. The molecule has 0 aliphatic heterocycles. The number of hydrogen-bond donors (Lipinski definition) is 1. The summed E-state index contributed by atoms with van der Waals surface area (Å²) in [7, 11) is 0. The van der Waals surface area contributed by atoms with Gasteiger partial charge in [0.1, 0.15) is 17.3 Å². The van der Waals surface area contributed by atoms with Crippen molar-refractivity contribution in [3.05, 3.63) is 50.9 Å². The summed E-state index contributed by atoms with van der Waals surface area (Å²) >= 11 is 11.4. The lowest BCUT2D eigenvalue weighted by Crippen LogP contribution is -2.30. The second-order valence-corrected chi connectivity index (χ2v) is 5.03. The summed E-state index contributed by atoms with van der Waals surface area (Å²) in [5.74, 6) is 0.118. The number of carbonyl (C=O) groups excluding carboxylic acids is 1. The predicted molar refractivity (Wildman–Crippen MR) is 84.8 cm³/mol. The number of anilines is 1. The summed E-state index contributed by atoms with van der Waals surface area (Å²) in [6.45, 7) is 2.04. The van der Waals surface area contributed by atoms with Crippen molar-refractivity contribution < 1.29 is 9.53 Å². The lowest BCUT2D eigenvalue weighted by atomic mass is 10.3. The summed E-state index contributed by atoms with van der Waals surface area (Å²) in [5.41, 5.74) is -0.107. The first-order valence-electron chi connectivity index (χ1n) is 6.45.